The van der Waals surface area contributed by atoms with Crippen molar-refractivity contribution < 1.29 is 14.3 Å². The van der Waals surface area contributed by atoms with Gasteiger partial charge in [-0.15, -0.1) is 0 Å². The number of hydrogen-bond acceptors (Lipinski definition) is 3. The van der Waals surface area contributed by atoms with E-state index in [0.717, 1.165) is 6.42 Å². The minimum atomic E-state index is -0.630. The van der Waals surface area contributed by atoms with E-state index in [1.807, 2.05) is 63.2 Å². The molecule has 0 aromatic heterocycles. The second kappa shape index (κ2) is 7.32. The maximum atomic E-state index is 11.9. The summed E-state index contributed by atoms with van der Waals surface area (Å²) in [5.41, 5.74) is 1.96. The molecule has 0 saturated carbocycles. The Labute approximate surface area is 138 Å². The van der Waals surface area contributed by atoms with E-state index in [1.165, 1.54) is 11.1 Å². The van der Waals surface area contributed by atoms with E-state index in [1.54, 1.807) is 6.92 Å². The maximum Gasteiger partial charge on any atom is 0.347 e. The molecule has 3 nitrogen and oxygen atoms in total. The monoisotopic (exact) mass is 312 g/mol. The first-order chi connectivity index (χ1) is 10.8. The fraction of sp³-hybridized carbons (Fsp3) is 0.350. The van der Waals surface area contributed by atoms with Crippen molar-refractivity contribution in [2.24, 2.45) is 0 Å². The fourth-order valence-corrected chi connectivity index (χ4v) is 2.15. The number of esters is 1. The number of carbonyl (C=O) groups excluding carboxylic acids is 1. The van der Waals surface area contributed by atoms with Gasteiger partial charge in [-0.25, -0.2) is 4.79 Å². The van der Waals surface area contributed by atoms with Crippen LogP contribution >= 0.6 is 0 Å². The smallest absolute Gasteiger partial charge is 0.347 e. The summed E-state index contributed by atoms with van der Waals surface area (Å²) in [6, 6.07) is 18.1. The lowest BCUT2D eigenvalue weighted by Crippen LogP contribution is -2.33. The molecule has 0 fully saturated rings. The summed E-state index contributed by atoms with van der Waals surface area (Å²) >= 11 is 0. The highest BCUT2D eigenvalue weighted by molar-refractivity contribution is 5.75. The van der Waals surface area contributed by atoms with E-state index >= 15 is 0 Å². The van der Waals surface area contributed by atoms with Crippen LogP contribution in [0.5, 0.6) is 5.75 Å². The van der Waals surface area contributed by atoms with Gasteiger partial charge in [0, 0.05) is 0 Å². The van der Waals surface area contributed by atoms with Gasteiger partial charge in [0.25, 0.3) is 0 Å². The SMILES string of the molecule is C[C@@H](Oc1ccc(Cc2ccccc2)cc1)C(=O)OC(C)(C)C. The van der Waals surface area contributed by atoms with E-state index in [2.05, 4.69) is 12.1 Å². The van der Waals surface area contributed by atoms with Crippen LogP contribution in [0, 0.1) is 0 Å². The molecule has 0 amide bonds. The Morgan fingerprint density at radius 1 is 0.957 bits per heavy atom. The molecule has 0 aliphatic rings. The predicted molar refractivity (Wildman–Crippen MR) is 91.6 cm³/mol. The Hall–Kier alpha value is -2.29. The highest BCUT2D eigenvalue weighted by Gasteiger charge is 2.22. The molecule has 0 unspecified atom stereocenters. The van der Waals surface area contributed by atoms with Crippen LogP contribution in [0.15, 0.2) is 54.6 Å². The summed E-state index contributed by atoms with van der Waals surface area (Å²) in [7, 11) is 0. The molecule has 0 N–H and O–H groups in total. The molecule has 0 saturated heterocycles. The lowest BCUT2D eigenvalue weighted by atomic mass is 10.1. The van der Waals surface area contributed by atoms with E-state index in [9.17, 15) is 4.79 Å². The van der Waals surface area contributed by atoms with Crippen LogP contribution in [-0.2, 0) is 16.0 Å². The third-order valence-electron chi connectivity index (χ3n) is 3.23. The van der Waals surface area contributed by atoms with Crippen molar-refractivity contribution in [2.45, 2.75) is 45.8 Å². The number of benzene rings is 2. The van der Waals surface area contributed by atoms with Gasteiger partial charge in [-0.2, -0.15) is 0 Å². The standard InChI is InChI=1S/C20H24O3/c1-15(19(21)23-20(2,3)4)22-18-12-10-17(11-13-18)14-16-8-6-5-7-9-16/h5-13,15H,14H2,1-4H3/t15-/m1/s1. The molecule has 0 aliphatic heterocycles. The Morgan fingerprint density at radius 2 is 1.52 bits per heavy atom. The molecule has 2 aromatic carbocycles. The summed E-state index contributed by atoms with van der Waals surface area (Å²) in [5.74, 6) is 0.311. The highest BCUT2D eigenvalue weighted by Crippen LogP contribution is 2.18. The topological polar surface area (TPSA) is 35.5 Å². The molecule has 0 heterocycles. The normalized spacial score (nSPS) is 12.5. The molecule has 0 radical (unpaired) electrons. The third-order valence-corrected chi connectivity index (χ3v) is 3.23. The van der Waals surface area contributed by atoms with Gasteiger partial charge in [0.1, 0.15) is 11.4 Å². The van der Waals surface area contributed by atoms with E-state index in [4.69, 9.17) is 9.47 Å². The van der Waals surface area contributed by atoms with Gasteiger partial charge in [0.2, 0.25) is 0 Å². The Morgan fingerprint density at radius 3 is 2.09 bits per heavy atom. The molecule has 2 rings (SSSR count). The van der Waals surface area contributed by atoms with Crippen molar-refractivity contribution in [3.8, 4) is 5.75 Å². The first kappa shape index (κ1) is 17.1. The van der Waals surface area contributed by atoms with Gasteiger partial charge in [0.05, 0.1) is 0 Å². The first-order valence-electron chi connectivity index (χ1n) is 7.86. The van der Waals surface area contributed by atoms with Gasteiger partial charge in [0.15, 0.2) is 6.10 Å². The van der Waals surface area contributed by atoms with Crippen LogP contribution < -0.4 is 4.74 Å². The molecule has 0 bridgehead atoms. The third kappa shape index (κ3) is 5.78. The maximum absolute atomic E-state index is 11.9. The second-order valence-corrected chi connectivity index (χ2v) is 6.60. The van der Waals surface area contributed by atoms with Crippen molar-refractivity contribution in [1.82, 2.24) is 0 Å². The zero-order chi connectivity index (χ0) is 16.9. The van der Waals surface area contributed by atoms with Crippen LogP contribution in [0.25, 0.3) is 0 Å². The molecule has 0 spiro atoms. The number of hydrogen-bond donors (Lipinski definition) is 0. The molecule has 1 atom stereocenters. The minimum absolute atomic E-state index is 0.356. The van der Waals surface area contributed by atoms with E-state index < -0.39 is 11.7 Å². The van der Waals surface area contributed by atoms with Crippen molar-refractivity contribution in [3.05, 3.63) is 65.7 Å². The largest absolute Gasteiger partial charge is 0.479 e. The summed E-state index contributed by atoms with van der Waals surface area (Å²) in [6.07, 6.45) is 0.247. The van der Waals surface area contributed by atoms with Crippen molar-refractivity contribution >= 4 is 5.97 Å². The van der Waals surface area contributed by atoms with E-state index in [0.29, 0.717) is 5.75 Å². The molecular formula is C20H24O3. The number of carbonyl (C=O) groups is 1. The molecule has 122 valence electrons. The van der Waals surface area contributed by atoms with Crippen LogP contribution in [0.4, 0.5) is 0 Å². The van der Waals surface area contributed by atoms with Crippen molar-refractivity contribution in [1.29, 1.82) is 0 Å². The summed E-state index contributed by atoms with van der Waals surface area (Å²) in [4.78, 5) is 11.9. The summed E-state index contributed by atoms with van der Waals surface area (Å²) < 4.78 is 11.0. The fourth-order valence-electron chi connectivity index (χ4n) is 2.15. The van der Waals surface area contributed by atoms with Crippen LogP contribution in [0.3, 0.4) is 0 Å². The molecule has 23 heavy (non-hydrogen) atoms. The van der Waals surface area contributed by atoms with Crippen LogP contribution in [0.1, 0.15) is 38.8 Å². The molecule has 3 heteroatoms. The number of rotatable bonds is 5. The zero-order valence-corrected chi connectivity index (χ0v) is 14.2. The van der Waals surface area contributed by atoms with Crippen molar-refractivity contribution in [3.63, 3.8) is 0 Å². The van der Waals surface area contributed by atoms with Crippen molar-refractivity contribution in [2.75, 3.05) is 0 Å². The van der Waals surface area contributed by atoms with Gasteiger partial charge in [-0.05, 0) is 57.4 Å². The van der Waals surface area contributed by atoms with Gasteiger partial charge in [-0.1, -0.05) is 42.5 Å². The summed E-state index contributed by atoms with van der Waals surface area (Å²) in [5, 5.41) is 0. The molecular weight excluding hydrogens is 288 g/mol. The second-order valence-electron chi connectivity index (χ2n) is 6.60. The Bertz CT molecular complexity index is 624. The minimum Gasteiger partial charge on any atom is -0.479 e. The van der Waals surface area contributed by atoms with Crippen LogP contribution in [-0.4, -0.2) is 17.7 Å². The zero-order valence-electron chi connectivity index (χ0n) is 14.2. The quantitative estimate of drug-likeness (QED) is 0.768. The van der Waals surface area contributed by atoms with Gasteiger partial charge in [-0.3, -0.25) is 0 Å². The van der Waals surface area contributed by atoms with Crippen LogP contribution in [0.2, 0.25) is 0 Å². The lowest BCUT2D eigenvalue weighted by molar-refractivity contribution is -0.162. The summed E-state index contributed by atoms with van der Waals surface area (Å²) in [6.45, 7) is 7.23. The Balaban J connectivity index is 1.93. The van der Waals surface area contributed by atoms with Gasteiger partial charge >= 0.3 is 5.97 Å². The molecule has 2 aromatic rings. The molecule has 0 aliphatic carbocycles. The average molecular weight is 312 g/mol. The Kier molecular flexibility index (Phi) is 5.43. The van der Waals surface area contributed by atoms with Gasteiger partial charge < -0.3 is 9.47 Å². The highest BCUT2D eigenvalue weighted by atomic mass is 16.6. The lowest BCUT2D eigenvalue weighted by Gasteiger charge is -2.22. The number of ether oxygens (including phenoxy) is 2. The predicted octanol–water partition coefficient (Wildman–Crippen LogP) is 4.39. The van der Waals surface area contributed by atoms with E-state index in [-0.39, 0.29) is 5.97 Å². The first-order valence-corrected chi connectivity index (χ1v) is 7.86. The average Bonchev–Trinajstić information content (AvgIpc) is 2.48.